The molecule has 2 aromatic heterocycles. The SMILES string of the molecule is CC(C)(c1csc(NS(=O)(=O)C2CC2)n1)c1cc(C(N)=O)ccc1-c1cncc(Cl)n1. The molecule has 2 heterocycles. The molecule has 0 bridgehead atoms. The molecule has 31 heavy (non-hydrogen) atoms. The normalized spacial score (nSPS) is 14.4. The van der Waals surface area contributed by atoms with Crippen LogP contribution in [0.15, 0.2) is 36.0 Å². The number of rotatable bonds is 7. The molecule has 3 N–H and O–H groups in total. The third kappa shape index (κ3) is 4.41. The molecular weight excluding hydrogens is 458 g/mol. The molecule has 1 amide bonds. The monoisotopic (exact) mass is 477 g/mol. The molecule has 162 valence electrons. The van der Waals surface area contributed by atoms with E-state index in [4.69, 9.17) is 17.3 Å². The molecule has 0 saturated heterocycles. The van der Waals surface area contributed by atoms with Gasteiger partial charge in [0.2, 0.25) is 15.9 Å². The van der Waals surface area contributed by atoms with Gasteiger partial charge in [0.25, 0.3) is 0 Å². The smallest absolute Gasteiger partial charge is 0.248 e. The zero-order chi connectivity index (χ0) is 22.4. The lowest BCUT2D eigenvalue weighted by atomic mass is 9.78. The lowest BCUT2D eigenvalue weighted by molar-refractivity contribution is 0.1000. The summed E-state index contributed by atoms with van der Waals surface area (Å²) in [5.74, 6) is -0.558. The second kappa shape index (κ2) is 7.85. The van der Waals surface area contributed by atoms with E-state index in [2.05, 4.69) is 19.7 Å². The van der Waals surface area contributed by atoms with Crippen molar-refractivity contribution < 1.29 is 13.2 Å². The van der Waals surface area contributed by atoms with E-state index in [0.29, 0.717) is 34.9 Å². The van der Waals surface area contributed by atoms with E-state index < -0.39 is 21.3 Å². The van der Waals surface area contributed by atoms with Crippen LogP contribution in [-0.2, 0) is 15.4 Å². The third-order valence-electron chi connectivity index (χ3n) is 5.20. The van der Waals surface area contributed by atoms with Crippen molar-refractivity contribution in [2.45, 2.75) is 37.4 Å². The number of hydrogen-bond acceptors (Lipinski definition) is 7. The molecule has 0 spiro atoms. The average molecular weight is 478 g/mol. The van der Waals surface area contributed by atoms with Gasteiger partial charge in [-0.3, -0.25) is 14.5 Å². The first-order valence-corrected chi connectivity index (χ1v) is 12.3. The highest BCUT2D eigenvalue weighted by Gasteiger charge is 2.37. The highest BCUT2D eigenvalue weighted by Crippen LogP contribution is 2.40. The summed E-state index contributed by atoms with van der Waals surface area (Å²) in [6.45, 7) is 3.87. The van der Waals surface area contributed by atoms with Gasteiger partial charge in [0.1, 0.15) is 5.15 Å². The van der Waals surface area contributed by atoms with Gasteiger partial charge in [-0.25, -0.2) is 18.4 Å². The van der Waals surface area contributed by atoms with Crippen LogP contribution >= 0.6 is 22.9 Å². The van der Waals surface area contributed by atoms with Gasteiger partial charge in [0.15, 0.2) is 5.13 Å². The largest absolute Gasteiger partial charge is 0.366 e. The van der Waals surface area contributed by atoms with Crippen molar-refractivity contribution in [2.24, 2.45) is 5.73 Å². The fourth-order valence-corrected chi connectivity index (χ4v) is 5.86. The van der Waals surface area contributed by atoms with Gasteiger partial charge in [0, 0.05) is 21.9 Å². The maximum Gasteiger partial charge on any atom is 0.248 e. The Morgan fingerprint density at radius 2 is 2.00 bits per heavy atom. The predicted molar refractivity (Wildman–Crippen MR) is 121 cm³/mol. The van der Waals surface area contributed by atoms with Crippen LogP contribution in [0.1, 0.15) is 48.3 Å². The first kappa shape index (κ1) is 21.7. The Balaban J connectivity index is 1.78. The molecule has 1 aliphatic rings. The first-order valence-electron chi connectivity index (χ1n) is 9.48. The third-order valence-corrected chi connectivity index (χ3v) is 8.09. The Hall–Kier alpha value is -2.56. The van der Waals surface area contributed by atoms with Crippen LogP contribution in [-0.4, -0.2) is 34.5 Å². The predicted octanol–water partition coefficient (Wildman–Crippen LogP) is 3.58. The minimum atomic E-state index is -3.41. The van der Waals surface area contributed by atoms with Crippen molar-refractivity contribution in [3.8, 4) is 11.3 Å². The molecule has 0 atom stereocenters. The van der Waals surface area contributed by atoms with E-state index >= 15 is 0 Å². The summed E-state index contributed by atoms with van der Waals surface area (Å²) in [7, 11) is -3.41. The molecule has 0 unspecified atom stereocenters. The molecule has 8 nitrogen and oxygen atoms in total. The number of thiazole rings is 1. The van der Waals surface area contributed by atoms with Crippen LogP contribution in [0.25, 0.3) is 11.3 Å². The number of amides is 1. The van der Waals surface area contributed by atoms with E-state index in [1.54, 1.807) is 29.8 Å². The maximum atomic E-state index is 12.3. The van der Waals surface area contributed by atoms with Crippen molar-refractivity contribution >= 4 is 44.0 Å². The molecule has 11 heteroatoms. The van der Waals surface area contributed by atoms with Gasteiger partial charge in [0.05, 0.1) is 29.0 Å². The number of carbonyl (C=O) groups excluding carboxylic acids is 1. The Labute approximate surface area is 189 Å². The van der Waals surface area contributed by atoms with Gasteiger partial charge >= 0.3 is 0 Å². The summed E-state index contributed by atoms with van der Waals surface area (Å²) in [6.07, 6.45) is 4.36. The van der Waals surface area contributed by atoms with Gasteiger partial charge in [-0.15, -0.1) is 11.3 Å². The minimum absolute atomic E-state index is 0.241. The van der Waals surface area contributed by atoms with Gasteiger partial charge in [-0.1, -0.05) is 31.5 Å². The molecule has 3 aromatic rings. The number of nitrogens with zero attached hydrogens (tertiary/aromatic N) is 3. The van der Waals surface area contributed by atoms with Crippen LogP contribution in [0.4, 0.5) is 5.13 Å². The number of nitrogens with two attached hydrogens (primary N) is 1. The number of nitrogens with one attached hydrogen (secondary N) is 1. The number of carbonyl (C=O) groups is 1. The second-order valence-electron chi connectivity index (χ2n) is 7.86. The van der Waals surface area contributed by atoms with E-state index in [1.165, 1.54) is 17.5 Å². The summed E-state index contributed by atoms with van der Waals surface area (Å²) in [5.41, 5.74) is 7.78. The molecule has 1 aromatic carbocycles. The number of hydrogen-bond donors (Lipinski definition) is 2. The Kier molecular flexibility index (Phi) is 5.48. The van der Waals surface area contributed by atoms with Crippen LogP contribution in [0.5, 0.6) is 0 Å². The summed E-state index contributed by atoms with van der Waals surface area (Å²) in [4.78, 5) is 24.8. The van der Waals surface area contributed by atoms with Crippen molar-refractivity contribution in [2.75, 3.05) is 4.72 Å². The molecule has 0 aliphatic heterocycles. The Morgan fingerprint density at radius 1 is 1.26 bits per heavy atom. The Morgan fingerprint density at radius 3 is 2.65 bits per heavy atom. The summed E-state index contributed by atoms with van der Waals surface area (Å²) in [5, 5.41) is 2.01. The number of halogens is 1. The van der Waals surface area contributed by atoms with E-state index in [9.17, 15) is 13.2 Å². The van der Waals surface area contributed by atoms with Gasteiger partial charge in [-0.2, -0.15) is 0 Å². The van der Waals surface area contributed by atoms with Gasteiger partial charge < -0.3 is 5.73 Å². The molecule has 1 fully saturated rings. The minimum Gasteiger partial charge on any atom is -0.366 e. The van der Waals surface area contributed by atoms with Crippen LogP contribution in [0, 0.1) is 0 Å². The number of sulfonamides is 1. The molecular formula is C20H20ClN5O3S2. The summed E-state index contributed by atoms with van der Waals surface area (Å²) in [6, 6.07) is 5.07. The fraction of sp³-hybridized carbons (Fsp3) is 0.300. The van der Waals surface area contributed by atoms with E-state index in [-0.39, 0.29) is 10.4 Å². The van der Waals surface area contributed by atoms with Crippen LogP contribution in [0.3, 0.4) is 0 Å². The second-order valence-corrected chi connectivity index (χ2v) is 11.1. The van der Waals surface area contributed by atoms with E-state index in [1.807, 2.05) is 13.8 Å². The van der Waals surface area contributed by atoms with Crippen LogP contribution in [0.2, 0.25) is 5.15 Å². The number of aromatic nitrogens is 3. The van der Waals surface area contributed by atoms with Crippen LogP contribution < -0.4 is 10.5 Å². The zero-order valence-electron chi connectivity index (χ0n) is 16.8. The molecule has 0 radical (unpaired) electrons. The molecule has 1 aliphatic carbocycles. The summed E-state index contributed by atoms with van der Waals surface area (Å²) < 4.78 is 27.1. The van der Waals surface area contributed by atoms with Crippen molar-refractivity contribution in [1.29, 1.82) is 0 Å². The molecule has 1 saturated carbocycles. The van der Waals surface area contributed by atoms with Gasteiger partial charge in [-0.05, 0) is 30.5 Å². The number of anilines is 1. The topological polar surface area (TPSA) is 128 Å². The molecule has 4 rings (SSSR count). The van der Waals surface area contributed by atoms with Crippen molar-refractivity contribution in [3.05, 3.63) is 57.9 Å². The van der Waals surface area contributed by atoms with E-state index in [0.717, 1.165) is 11.1 Å². The fourth-order valence-electron chi connectivity index (χ4n) is 3.24. The quantitative estimate of drug-likeness (QED) is 0.535. The standard InChI is InChI=1S/C20H20ClN5O3S2/c1-20(2,16-10-30-19(25-16)26-31(28,29)12-4-5-12)14-7-11(18(22)27)3-6-13(14)15-8-23-9-17(21)24-15/h3,6-10,12H,4-5H2,1-2H3,(H2,22,27)(H,25,26). The lowest BCUT2D eigenvalue weighted by Crippen LogP contribution is -2.23. The number of benzene rings is 1. The number of primary amides is 1. The van der Waals surface area contributed by atoms with Crippen molar-refractivity contribution in [3.63, 3.8) is 0 Å². The maximum absolute atomic E-state index is 12.3. The first-order chi connectivity index (χ1) is 14.6. The zero-order valence-corrected chi connectivity index (χ0v) is 19.2. The highest BCUT2D eigenvalue weighted by molar-refractivity contribution is 7.93. The Bertz CT molecular complexity index is 1270. The highest BCUT2D eigenvalue weighted by atomic mass is 35.5. The summed E-state index contributed by atoms with van der Waals surface area (Å²) >= 11 is 7.25. The average Bonchev–Trinajstić information content (AvgIpc) is 3.48. The lowest BCUT2D eigenvalue weighted by Gasteiger charge is -2.26. The van der Waals surface area contributed by atoms with Crippen molar-refractivity contribution in [1.82, 2.24) is 15.0 Å².